The second kappa shape index (κ2) is 5.57. The predicted octanol–water partition coefficient (Wildman–Crippen LogP) is 3.13. The molecule has 1 aromatic rings. The van der Waals surface area contributed by atoms with Crippen LogP contribution >= 0.6 is 11.8 Å². The molecule has 0 saturated heterocycles. The smallest absolute Gasteiger partial charge is 0.213 e. The summed E-state index contributed by atoms with van der Waals surface area (Å²) in [5.41, 5.74) is 0.494. The molecule has 0 bridgehead atoms. The standard InChI is InChI=1S/C14H21N3OS/c1-11-7-15-12(18-11)8-16-13-17-9-14(10-19-13)5-3-2-4-6-14/h7H,2-6,8-10H2,1H3,(H,16,17). The number of amidine groups is 1. The average Bonchev–Trinajstić information content (AvgIpc) is 2.85. The maximum atomic E-state index is 5.45. The molecule has 4 nitrogen and oxygen atoms in total. The van der Waals surface area contributed by atoms with E-state index in [1.54, 1.807) is 6.20 Å². The lowest BCUT2D eigenvalue weighted by atomic mass is 9.75. The van der Waals surface area contributed by atoms with Gasteiger partial charge in [0, 0.05) is 12.3 Å². The molecule has 1 N–H and O–H groups in total. The monoisotopic (exact) mass is 279 g/mol. The molecule has 5 heteroatoms. The number of thioether (sulfide) groups is 1. The molecule has 1 fully saturated rings. The lowest BCUT2D eigenvalue weighted by molar-refractivity contribution is 0.232. The summed E-state index contributed by atoms with van der Waals surface area (Å²) in [6.45, 7) is 3.54. The number of rotatable bonds is 2. The van der Waals surface area contributed by atoms with E-state index in [0.717, 1.165) is 23.4 Å². The van der Waals surface area contributed by atoms with E-state index in [-0.39, 0.29) is 0 Å². The van der Waals surface area contributed by atoms with Crippen LogP contribution in [0.25, 0.3) is 0 Å². The number of aromatic nitrogens is 1. The van der Waals surface area contributed by atoms with Gasteiger partial charge in [0.25, 0.3) is 0 Å². The van der Waals surface area contributed by atoms with Crippen LogP contribution in [-0.4, -0.2) is 22.4 Å². The normalized spacial score (nSPS) is 22.3. The number of nitrogens with one attached hydrogen (secondary N) is 1. The van der Waals surface area contributed by atoms with Crippen LogP contribution in [0.3, 0.4) is 0 Å². The van der Waals surface area contributed by atoms with E-state index in [0.29, 0.717) is 12.0 Å². The van der Waals surface area contributed by atoms with Crippen LogP contribution in [0.5, 0.6) is 0 Å². The Morgan fingerprint density at radius 2 is 2.21 bits per heavy atom. The SMILES string of the molecule is Cc1cnc(CNC2=NCC3(CCCCC3)CS2)o1. The van der Waals surface area contributed by atoms with Gasteiger partial charge in [-0.15, -0.1) is 0 Å². The lowest BCUT2D eigenvalue weighted by Crippen LogP contribution is -2.36. The van der Waals surface area contributed by atoms with Crippen molar-refractivity contribution >= 4 is 16.9 Å². The van der Waals surface area contributed by atoms with Crippen LogP contribution in [0.2, 0.25) is 0 Å². The highest BCUT2D eigenvalue weighted by Gasteiger charge is 2.34. The molecule has 19 heavy (non-hydrogen) atoms. The molecule has 3 rings (SSSR count). The number of nitrogens with zero attached hydrogens (tertiary/aromatic N) is 2. The largest absolute Gasteiger partial charge is 0.444 e. The van der Waals surface area contributed by atoms with Gasteiger partial charge in [-0.25, -0.2) is 4.98 Å². The van der Waals surface area contributed by atoms with Gasteiger partial charge in [-0.2, -0.15) is 0 Å². The van der Waals surface area contributed by atoms with Crippen molar-refractivity contribution < 1.29 is 4.42 Å². The third kappa shape index (κ3) is 3.14. The number of hydrogen-bond donors (Lipinski definition) is 1. The van der Waals surface area contributed by atoms with Gasteiger partial charge in [0.1, 0.15) is 5.76 Å². The molecule has 0 atom stereocenters. The summed E-state index contributed by atoms with van der Waals surface area (Å²) in [6.07, 6.45) is 8.64. The zero-order valence-corrected chi connectivity index (χ0v) is 12.3. The van der Waals surface area contributed by atoms with E-state index in [1.165, 1.54) is 37.9 Å². The third-order valence-corrected chi connectivity index (χ3v) is 5.35. The van der Waals surface area contributed by atoms with Crippen molar-refractivity contribution in [1.82, 2.24) is 10.3 Å². The van der Waals surface area contributed by atoms with Crippen molar-refractivity contribution in [3.05, 3.63) is 17.8 Å². The van der Waals surface area contributed by atoms with Crippen molar-refractivity contribution in [3.63, 3.8) is 0 Å². The molecule has 104 valence electrons. The van der Waals surface area contributed by atoms with Gasteiger partial charge in [-0.05, 0) is 25.2 Å². The molecule has 0 amide bonds. The Kier molecular flexibility index (Phi) is 3.82. The fraction of sp³-hybridized carbons (Fsp3) is 0.714. The Morgan fingerprint density at radius 1 is 1.37 bits per heavy atom. The topological polar surface area (TPSA) is 50.4 Å². The van der Waals surface area contributed by atoms with E-state index < -0.39 is 0 Å². The first kappa shape index (κ1) is 13.0. The van der Waals surface area contributed by atoms with Crippen molar-refractivity contribution in [2.75, 3.05) is 12.3 Å². The Hall–Kier alpha value is -0.970. The van der Waals surface area contributed by atoms with Gasteiger partial charge in [0.05, 0.1) is 12.7 Å². The first-order valence-electron chi connectivity index (χ1n) is 7.08. The molecule has 1 spiro atoms. The minimum atomic E-state index is 0.494. The second-order valence-corrected chi connectivity index (χ2v) is 6.65. The summed E-state index contributed by atoms with van der Waals surface area (Å²) < 4.78 is 5.45. The zero-order valence-electron chi connectivity index (χ0n) is 11.4. The highest BCUT2D eigenvalue weighted by Crippen LogP contribution is 2.41. The summed E-state index contributed by atoms with van der Waals surface area (Å²) in [6, 6.07) is 0. The van der Waals surface area contributed by atoms with Gasteiger partial charge in [0.2, 0.25) is 5.89 Å². The van der Waals surface area contributed by atoms with E-state index >= 15 is 0 Å². The number of aryl methyl sites for hydroxylation is 1. The molecule has 2 heterocycles. The molecule has 0 radical (unpaired) electrons. The first-order chi connectivity index (χ1) is 9.26. The molecule has 1 aromatic heterocycles. The predicted molar refractivity (Wildman–Crippen MR) is 78.4 cm³/mol. The quantitative estimate of drug-likeness (QED) is 0.903. The van der Waals surface area contributed by atoms with E-state index in [9.17, 15) is 0 Å². The number of oxazole rings is 1. The van der Waals surface area contributed by atoms with Gasteiger partial charge in [0.15, 0.2) is 5.17 Å². The van der Waals surface area contributed by atoms with Crippen LogP contribution in [0.4, 0.5) is 0 Å². The minimum absolute atomic E-state index is 0.494. The third-order valence-electron chi connectivity index (χ3n) is 4.05. The molecule has 1 saturated carbocycles. The van der Waals surface area contributed by atoms with Crippen LogP contribution in [-0.2, 0) is 6.54 Å². The van der Waals surface area contributed by atoms with Crippen LogP contribution < -0.4 is 5.32 Å². The molecular formula is C14H21N3OS. The zero-order chi connectivity index (χ0) is 13.1. The highest BCUT2D eigenvalue weighted by atomic mass is 32.2. The molecule has 1 aliphatic carbocycles. The molecule has 0 unspecified atom stereocenters. The minimum Gasteiger partial charge on any atom is -0.444 e. The van der Waals surface area contributed by atoms with E-state index in [1.807, 2.05) is 18.7 Å². The Morgan fingerprint density at radius 3 is 2.84 bits per heavy atom. The maximum Gasteiger partial charge on any atom is 0.213 e. The van der Waals surface area contributed by atoms with Crippen molar-refractivity contribution in [3.8, 4) is 0 Å². The Balaban J connectivity index is 1.53. The summed E-state index contributed by atoms with van der Waals surface area (Å²) in [5, 5.41) is 4.38. The fourth-order valence-electron chi connectivity index (χ4n) is 2.90. The average molecular weight is 279 g/mol. The molecular weight excluding hydrogens is 258 g/mol. The number of aliphatic imine (C=N–C) groups is 1. The van der Waals surface area contributed by atoms with Crippen LogP contribution in [0.1, 0.15) is 43.8 Å². The molecule has 2 aliphatic rings. The number of hydrogen-bond acceptors (Lipinski definition) is 5. The molecule has 0 aromatic carbocycles. The van der Waals surface area contributed by atoms with Gasteiger partial charge >= 0.3 is 0 Å². The fourth-order valence-corrected chi connectivity index (χ4v) is 4.05. The summed E-state index contributed by atoms with van der Waals surface area (Å²) in [4.78, 5) is 8.92. The Bertz CT molecular complexity index is 463. The summed E-state index contributed by atoms with van der Waals surface area (Å²) in [7, 11) is 0. The molecule has 1 aliphatic heterocycles. The highest BCUT2D eigenvalue weighted by molar-refractivity contribution is 8.13. The van der Waals surface area contributed by atoms with Gasteiger partial charge in [-0.1, -0.05) is 31.0 Å². The van der Waals surface area contributed by atoms with Crippen LogP contribution in [0.15, 0.2) is 15.6 Å². The lowest BCUT2D eigenvalue weighted by Gasteiger charge is -2.38. The first-order valence-corrected chi connectivity index (χ1v) is 8.07. The summed E-state index contributed by atoms with van der Waals surface area (Å²) in [5.74, 6) is 2.80. The Labute approximate surface area is 118 Å². The summed E-state index contributed by atoms with van der Waals surface area (Å²) >= 11 is 1.86. The van der Waals surface area contributed by atoms with Gasteiger partial charge in [-0.3, -0.25) is 4.99 Å². The van der Waals surface area contributed by atoms with Crippen LogP contribution in [0, 0.1) is 12.3 Å². The van der Waals surface area contributed by atoms with Crippen molar-refractivity contribution in [2.24, 2.45) is 10.4 Å². The van der Waals surface area contributed by atoms with Gasteiger partial charge < -0.3 is 9.73 Å². The second-order valence-electron chi connectivity index (χ2n) is 5.69. The van der Waals surface area contributed by atoms with E-state index in [2.05, 4.69) is 10.3 Å². The van der Waals surface area contributed by atoms with Crippen molar-refractivity contribution in [1.29, 1.82) is 0 Å². The van der Waals surface area contributed by atoms with E-state index in [4.69, 9.17) is 9.41 Å². The van der Waals surface area contributed by atoms with Crippen molar-refractivity contribution in [2.45, 2.75) is 45.6 Å². The maximum absolute atomic E-state index is 5.45.